The van der Waals surface area contributed by atoms with Crippen LogP contribution in [0.2, 0.25) is 0 Å². The zero-order valence-electron chi connectivity index (χ0n) is 10.4. The summed E-state index contributed by atoms with van der Waals surface area (Å²) >= 11 is 0. The summed E-state index contributed by atoms with van der Waals surface area (Å²) < 4.78 is 5.03. The van der Waals surface area contributed by atoms with E-state index in [9.17, 15) is 4.79 Å². The van der Waals surface area contributed by atoms with Crippen LogP contribution in [0.3, 0.4) is 0 Å². The molecule has 18 heavy (non-hydrogen) atoms. The van der Waals surface area contributed by atoms with Crippen molar-refractivity contribution >= 4 is 18.3 Å². The molecule has 5 heteroatoms. The predicted octanol–water partition coefficient (Wildman–Crippen LogP) is 1.36. The standard InChI is InChI=1S/C13H18N2O2.ClH/c1-17-9-11-4-2-10(3-5-11)8-15-12(16)13(14)6-7-13;/h2-5H,6-9,14H2,1H3,(H,15,16);1H. The van der Waals surface area contributed by atoms with Gasteiger partial charge in [0.1, 0.15) is 0 Å². The van der Waals surface area contributed by atoms with Crippen LogP contribution in [-0.2, 0) is 22.7 Å². The molecule has 1 aromatic carbocycles. The monoisotopic (exact) mass is 270 g/mol. The fourth-order valence-corrected chi connectivity index (χ4v) is 1.64. The smallest absolute Gasteiger partial charge is 0.240 e. The van der Waals surface area contributed by atoms with Crippen LogP contribution in [0.1, 0.15) is 24.0 Å². The number of nitrogens with two attached hydrogens (primary N) is 1. The maximum Gasteiger partial charge on any atom is 0.240 e. The van der Waals surface area contributed by atoms with Crippen molar-refractivity contribution in [3.8, 4) is 0 Å². The Hall–Kier alpha value is -1.10. The van der Waals surface area contributed by atoms with E-state index in [2.05, 4.69) is 5.32 Å². The van der Waals surface area contributed by atoms with Crippen LogP contribution in [-0.4, -0.2) is 18.6 Å². The fraction of sp³-hybridized carbons (Fsp3) is 0.462. The highest BCUT2D eigenvalue weighted by Gasteiger charge is 2.45. The van der Waals surface area contributed by atoms with E-state index in [0.717, 1.165) is 24.0 Å². The van der Waals surface area contributed by atoms with Gasteiger partial charge in [0.05, 0.1) is 12.1 Å². The maximum absolute atomic E-state index is 11.6. The molecule has 0 bridgehead atoms. The lowest BCUT2D eigenvalue weighted by molar-refractivity contribution is -0.123. The van der Waals surface area contributed by atoms with Gasteiger partial charge in [-0.2, -0.15) is 0 Å². The molecule has 0 unspecified atom stereocenters. The lowest BCUT2D eigenvalue weighted by Gasteiger charge is -2.10. The molecule has 0 aromatic heterocycles. The second kappa shape index (κ2) is 6.18. The van der Waals surface area contributed by atoms with Crippen molar-refractivity contribution in [2.45, 2.75) is 31.5 Å². The van der Waals surface area contributed by atoms with Gasteiger partial charge in [0.25, 0.3) is 0 Å². The highest BCUT2D eigenvalue weighted by Crippen LogP contribution is 2.32. The van der Waals surface area contributed by atoms with E-state index in [1.54, 1.807) is 7.11 Å². The first-order chi connectivity index (χ1) is 8.14. The number of carbonyl (C=O) groups is 1. The number of halogens is 1. The Bertz CT molecular complexity index is 402. The summed E-state index contributed by atoms with van der Waals surface area (Å²) in [7, 11) is 1.67. The van der Waals surface area contributed by atoms with Crippen molar-refractivity contribution in [3.63, 3.8) is 0 Å². The van der Waals surface area contributed by atoms with E-state index in [-0.39, 0.29) is 18.3 Å². The van der Waals surface area contributed by atoms with E-state index in [1.165, 1.54) is 0 Å². The Kier molecular flexibility index (Phi) is 5.14. The average molecular weight is 271 g/mol. The molecule has 3 N–H and O–H groups in total. The van der Waals surface area contributed by atoms with E-state index in [1.807, 2.05) is 24.3 Å². The van der Waals surface area contributed by atoms with Gasteiger partial charge in [0, 0.05) is 13.7 Å². The van der Waals surface area contributed by atoms with Crippen LogP contribution < -0.4 is 11.1 Å². The van der Waals surface area contributed by atoms with Crippen LogP contribution in [0.5, 0.6) is 0 Å². The van der Waals surface area contributed by atoms with E-state index < -0.39 is 5.54 Å². The van der Waals surface area contributed by atoms with Gasteiger partial charge in [0.15, 0.2) is 0 Å². The largest absolute Gasteiger partial charge is 0.380 e. The van der Waals surface area contributed by atoms with Gasteiger partial charge in [-0.3, -0.25) is 4.79 Å². The molecule has 2 rings (SSSR count). The minimum absolute atomic E-state index is 0. The Labute approximate surface area is 113 Å². The molecule has 1 amide bonds. The summed E-state index contributed by atoms with van der Waals surface area (Å²) in [5.74, 6) is -0.0431. The molecule has 1 aliphatic rings. The summed E-state index contributed by atoms with van der Waals surface area (Å²) in [6, 6.07) is 7.98. The van der Waals surface area contributed by atoms with Gasteiger partial charge < -0.3 is 15.8 Å². The van der Waals surface area contributed by atoms with Crippen LogP contribution in [0.4, 0.5) is 0 Å². The van der Waals surface area contributed by atoms with Crippen LogP contribution >= 0.6 is 12.4 Å². The summed E-state index contributed by atoms with van der Waals surface area (Å²) in [6.45, 7) is 1.14. The lowest BCUT2D eigenvalue weighted by atomic mass is 10.1. The number of hydrogen-bond donors (Lipinski definition) is 2. The molecular weight excluding hydrogens is 252 g/mol. The second-order valence-corrected chi connectivity index (χ2v) is 4.59. The fourth-order valence-electron chi connectivity index (χ4n) is 1.64. The third kappa shape index (κ3) is 3.70. The number of hydrogen-bond acceptors (Lipinski definition) is 3. The quantitative estimate of drug-likeness (QED) is 0.849. The molecule has 4 nitrogen and oxygen atoms in total. The number of ether oxygens (including phenoxy) is 1. The van der Waals surface area contributed by atoms with Gasteiger partial charge in [-0.15, -0.1) is 12.4 Å². The van der Waals surface area contributed by atoms with Gasteiger partial charge in [0.2, 0.25) is 5.91 Å². The summed E-state index contributed by atoms with van der Waals surface area (Å²) in [4.78, 5) is 11.6. The molecule has 1 aliphatic carbocycles. The molecule has 0 heterocycles. The number of amides is 1. The number of rotatable bonds is 5. The van der Waals surface area contributed by atoms with E-state index >= 15 is 0 Å². The Morgan fingerprint density at radius 2 is 1.89 bits per heavy atom. The highest BCUT2D eigenvalue weighted by molar-refractivity contribution is 5.88. The minimum atomic E-state index is -0.587. The van der Waals surface area contributed by atoms with Crippen LogP contribution in [0.15, 0.2) is 24.3 Å². The zero-order valence-corrected chi connectivity index (χ0v) is 11.3. The van der Waals surface area contributed by atoms with Crippen molar-refractivity contribution < 1.29 is 9.53 Å². The minimum Gasteiger partial charge on any atom is -0.380 e. The van der Waals surface area contributed by atoms with Crippen molar-refractivity contribution in [1.82, 2.24) is 5.32 Å². The molecule has 1 saturated carbocycles. The van der Waals surface area contributed by atoms with Gasteiger partial charge in [-0.05, 0) is 24.0 Å². The topological polar surface area (TPSA) is 64.3 Å². The lowest BCUT2D eigenvalue weighted by Crippen LogP contribution is -2.42. The maximum atomic E-state index is 11.6. The van der Waals surface area contributed by atoms with Gasteiger partial charge in [-0.1, -0.05) is 24.3 Å². The first-order valence-electron chi connectivity index (χ1n) is 5.78. The molecule has 0 spiro atoms. The Balaban J connectivity index is 0.00000162. The highest BCUT2D eigenvalue weighted by atomic mass is 35.5. The number of benzene rings is 1. The number of carbonyl (C=O) groups excluding carboxylic acids is 1. The number of methoxy groups -OCH3 is 1. The van der Waals surface area contributed by atoms with Crippen molar-refractivity contribution in [2.24, 2.45) is 5.73 Å². The molecule has 0 atom stereocenters. The predicted molar refractivity (Wildman–Crippen MR) is 72.4 cm³/mol. The summed E-state index contributed by atoms with van der Waals surface area (Å²) in [6.07, 6.45) is 1.59. The molecule has 0 aliphatic heterocycles. The van der Waals surface area contributed by atoms with E-state index in [0.29, 0.717) is 13.2 Å². The number of nitrogens with one attached hydrogen (secondary N) is 1. The Morgan fingerprint density at radius 1 is 1.33 bits per heavy atom. The van der Waals surface area contributed by atoms with Crippen molar-refractivity contribution in [1.29, 1.82) is 0 Å². The van der Waals surface area contributed by atoms with E-state index in [4.69, 9.17) is 10.5 Å². The van der Waals surface area contributed by atoms with Gasteiger partial charge >= 0.3 is 0 Å². The van der Waals surface area contributed by atoms with Crippen molar-refractivity contribution in [3.05, 3.63) is 35.4 Å². The van der Waals surface area contributed by atoms with Crippen molar-refractivity contribution in [2.75, 3.05) is 7.11 Å². The first kappa shape index (κ1) is 15.0. The molecule has 0 saturated heterocycles. The van der Waals surface area contributed by atoms with Crippen LogP contribution in [0, 0.1) is 0 Å². The second-order valence-electron chi connectivity index (χ2n) is 4.59. The summed E-state index contributed by atoms with van der Waals surface area (Å²) in [5.41, 5.74) is 7.40. The summed E-state index contributed by atoms with van der Waals surface area (Å²) in [5, 5.41) is 2.86. The van der Waals surface area contributed by atoms with Crippen LogP contribution in [0.25, 0.3) is 0 Å². The first-order valence-corrected chi connectivity index (χ1v) is 5.78. The van der Waals surface area contributed by atoms with Gasteiger partial charge in [-0.25, -0.2) is 0 Å². The molecule has 1 fully saturated rings. The third-order valence-electron chi connectivity index (χ3n) is 3.03. The third-order valence-corrected chi connectivity index (χ3v) is 3.03. The zero-order chi connectivity index (χ0) is 12.3. The Morgan fingerprint density at radius 3 is 2.39 bits per heavy atom. The molecule has 1 aromatic rings. The molecule has 100 valence electrons. The molecule has 0 radical (unpaired) electrons. The normalized spacial score (nSPS) is 15.7. The SMILES string of the molecule is COCc1ccc(CNC(=O)C2(N)CC2)cc1.Cl. The molecular formula is C13H19ClN2O2. The average Bonchev–Trinajstić information content (AvgIpc) is 3.08.